The number of rotatable bonds is 7. The molecule has 0 atom stereocenters. The highest BCUT2D eigenvalue weighted by molar-refractivity contribution is 5.95. The van der Waals surface area contributed by atoms with E-state index in [1.54, 1.807) is 37.4 Å². The molecule has 0 fully saturated rings. The summed E-state index contributed by atoms with van der Waals surface area (Å²) in [6, 6.07) is 18.0. The van der Waals surface area contributed by atoms with E-state index < -0.39 is 6.09 Å². The molecule has 1 aliphatic rings. The molecule has 0 saturated heterocycles. The number of fused-ring (bicyclic) bond motifs is 1. The third kappa shape index (κ3) is 6.10. The summed E-state index contributed by atoms with van der Waals surface area (Å²) in [6.45, 7) is 2.17. The SMILES string of the molecule is COc1ccc(C(=O)NCc2cccc(NC(=O)Oc3ccc4c(c3)CCN(C)C4)c2)cc1OC. The zero-order valence-corrected chi connectivity index (χ0v) is 20.1. The van der Waals surface area contributed by atoms with Crippen LogP contribution in [0.25, 0.3) is 0 Å². The summed E-state index contributed by atoms with van der Waals surface area (Å²) in [4.78, 5) is 27.3. The predicted octanol–water partition coefficient (Wildman–Crippen LogP) is 4.23. The normalized spacial score (nSPS) is 12.9. The third-order valence-corrected chi connectivity index (χ3v) is 5.86. The Balaban J connectivity index is 1.33. The Kier molecular flexibility index (Phi) is 7.52. The average molecular weight is 476 g/mol. The standard InChI is InChI=1S/C27H29N3O5/c1-30-12-11-19-14-23(9-7-21(19)17-30)35-27(32)29-22-6-4-5-18(13-22)16-28-26(31)20-8-10-24(33-2)25(15-20)34-3/h4-10,13-15H,11-12,16-17H2,1-3H3,(H,28,31)(H,29,32). The lowest BCUT2D eigenvalue weighted by Crippen LogP contribution is -2.26. The number of nitrogens with one attached hydrogen (secondary N) is 2. The number of methoxy groups -OCH3 is 2. The van der Waals surface area contributed by atoms with Gasteiger partial charge in [-0.1, -0.05) is 18.2 Å². The Labute approximate surface area is 204 Å². The largest absolute Gasteiger partial charge is 0.493 e. The van der Waals surface area contributed by atoms with Crippen LogP contribution in [0.3, 0.4) is 0 Å². The molecular formula is C27H29N3O5. The fourth-order valence-electron chi connectivity index (χ4n) is 4.01. The van der Waals surface area contributed by atoms with Crippen molar-refractivity contribution in [1.29, 1.82) is 0 Å². The van der Waals surface area contributed by atoms with Crippen LogP contribution in [0.1, 0.15) is 27.0 Å². The van der Waals surface area contributed by atoms with Gasteiger partial charge in [0.15, 0.2) is 11.5 Å². The first-order chi connectivity index (χ1) is 16.9. The van der Waals surface area contributed by atoms with Crippen LogP contribution >= 0.6 is 0 Å². The summed E-state index contributed by atoms with van der Waals surface area (Å²) in [7, 11) is 5.16. The molecule has 0 spiro atoms. The summed E-state index contributed by atoms with van der Waals surface area (Å²) in [5.74, 6) is 1.31. The highest BCUT2D eigenvalue weighted by Crippen LogP contribution is 2.27. The third-order valence-electron chi connectivity index (χ3n) is 5.86. The van der Waals surface area contributed by atoms with Gasteiger partial charge in [-0.15, -0.1) is 0 Å². The van der Waals surface area contributed by atoms with Gasteiger partial charge >= 0.3 is 6.09 Å². The van der Waals surface area contributed by atoms with E-state index in [2.05, 4.69) is 22.6 Å². The van der Waals surface area contributed by atoms with E-state index in [4.69, 9.17) is 14.2 Å². The maximum absolute atomic E-state index is 12.6. The molecule has 0 radical (unpaired) electrons. The van der Waals surface area contributed by atoms with Gasteiger partial charge in [0.05, 0.1) is 14.2 Å². The zero-order chi connectivity index (χ0) is 24.8. The number of hydrogen-bond donors (Lipinski definition) is 2. The molecule has 0 unspecified atom stereocenters. The van der Waals surface area contributed by atoms with Gasteiger partial charge in [0.25, 0.3) is 5.91 Å². The molecule has 182 valence electrons. The van der Waals surface area contributed by atoms with E-state index >= 15 is 0 Å². The van der Waals surface area contributed by atoms with Crippen molar-refractivity contribution in [2.75, 3.05) is 33.1 Å². The Bertz CT molecular complexity index is 1230. The summed E-state index contributed by atoms with van der Waals surface area (Å²) in [5, 5.41) is 5.63. The monoisotopic (exact) mass is 475 g/mol. The van der Waals surface area contributed by atoms with Gasteiger partial charge in [-0.3, -0.25) is 10.1 Å². The van der Waals surface area contributed by atoms with Gasteiger partial charge in [0.2, 0.25) is 0 Å². The molecule has 4 rings (SSSR count). The fourth-order valence-corrected chi connectivity index (χ4v) is 4.01. The lowest BCUT2D eigenvalue weighted by Gasteiger charge is -2.25. The number of ether oxygens (including phenoxy) is 3. The molecule has 2 amide bonds. The van der Waals surface area contributed by atoms with Crippen LogP contribution in [0.4, 0.5) is 10.5 Å². The molecule has 8 nitrogen and oxygen atoms in total. The second kappa shape index (κ2) is 10.9. The second-order valence-corrected chi connectivity index (χ2v) is 8.39. The number of amides is 2. The maximum Gasteiger partial charge on any atom is 0.417 e. The van der Waals surface area contributed by atoms with E-state index in [0.29, 0.717) is 28.5 Å². The van der Waals surface area contributed by atoms with Crippen molar-refractivity contribution < 1.29 is 23.8 Å². The first kappa shape index (κ1) is 24.1. The van der Waals surface area contributed by atoms with Crippen LogP contribution in [-0.2, 0) is 19.5 Å². The van der Waals surface area contributed by atoms with Gasteiger partial charge in [-0.25, -0.2) is 4.79 Å². The quantitative estimate of drug-likeness (QED) is 0.532. The van der Waals surface area contributed by atoms with Crippen LogP contribution in [0.2, 0.25) is 0 Å². The second-order valence-electron chi connectivity index (χ2n) is 8.39. The summed E-state index contributed by atoms with van der Waals surface area (Å²) in [6.07, 6.45) is 0.367. The number of benzene rings is 3. The van der Waals surface area contributed by atoms with Crippen molar-refractivity contribution in [3.8, 4) is 17.2 Å². The molecule has 0 bridgehead atoms. The molecule has 2 N–H and O–H groups in total. The lowest BCUT2D eigenvalue weighted by atomic mass is 10.00. The molecule has 0 saturated carbocycles. The lowest BCUT2D eigenvalue weighted by molar-refractivity contribution is 0.0950. The van der Waals surface area contributed by atoms with E-state index in [9.17, 15) is 9.59 Å². The number of carbonyl (C=O) groups is 2. The smallest absolute Gasteiger partial charge is 0.417 e. The van der Waals surface area contributed by atoms with Crippen molar-refractivity contribution in [2.45, 2.75) is 19.5 Å². The van der Waals surface area contributed by atoms with E-state index in [0.717, 1.165) is 25.1 Å². The molecule has 0 aliphatic carbocycles. The van der Waals surface area contributed by atoms with Gasteiger partial charge in [-0.05, 0) is 72.6 Å². The minimum absolute atomic E-state index is 0.248. The Morgan fingerprint density at radius 3 is 2.57 bits per heavy atom. The topological polar surface area (TPSA) is 89.1 Å². The van der Waals surface area contributed by atoms with Gasteiger partial charge in [0, 0.05) is 30.9 Å². The van der Waals surface area contributed by atoms with E-state index in [1.165, 1.54) is 18.2 Å². The van der Waals surface area contributed by atoms with Crippen molar-refractivity contribution in [2.24, 2.45) is 0 Å². The van der Waals surface area contributed by atoms with Gasteiger partial charge < -0.3 is 24.4 Å². The van der Waals surface area contributed by atoms with Crippen molar-refractivity contribution in [3.63, 3.8) is 0 Å². The van der Waals surface area contributed by atoms with Crippen molar-refractivity contribution in [3.05, 3.63) is 82.9 Å². The Morgan fingerprint density at radius 1 is 0.943 bits per heavy atom. The van der Waals surface area contributed by atoms with E-state index in [-0.39, 0.29) is 12.5 Å². The van der Waals surface area contributed by atoms with Gasteiger partial charge in [-0.2, -0.15) is 0 Å². The number of nitrogens with zero attached hydrogens (tertiary/aromatic N) is 1. The molecule has 0 aromatic heterocycles. The molecule has 35 heavy (non-hydrogen) atoms. The number of anilines is 1. The summed E-state index contributed by atoms with van der Waals surface area (Å²) < 4.78 is 16.0. The molecule has 3 aromatic carbocycles. The van der Waals surface area contributed by atoms with E-state index in [1.807, 2.05) is 30.3 Å². The van der Waals surface area contributed by atoms with Crippen LogP contribution < -0.4 is 24.8 Å². The van der Waals surface area contributed by atoms with Crippen molar-refractivity contribution in [1.82, 2.24) is 10.2 Å². The predicted molar refractivity (Wildman–Crippen MR) is 133 cm³/mol. The summed E-state index contributed by atoms with van der Waals surface area (Å²) >= 11 is 0. The molecule has 1 aliphatic heterocycles. The Morgan fingerprint density at radius 2 is 1.77 bits per heavy atom. The minimum Gasteiger partial charge on any atom is -0.493 e. The number of likely N-dealkylation sites (N-methyl/N-ethyl adjacent to an activating group) is 1. The highest BCUT2D eigenvalue weighted by Gasteiger charge is 2.15. The maximum atomic E-state index is 12.6. The number of hydrogen-bond acceptors (Lipinski definition) is 6. The first-order valence-electron chi connectivity index (χ1n) is 11.3. The van der Waals surface area contributed by atoms with Crippen LogP contribution in [0.5, 0.6) is 17.2 Å². The highest BCUT2D eigenvalue weighted by atomic mass is 16.6. The van der Waals surface area contributed by atoms with Crippen LogP contribution in [0, 0.1) is 0 Å². The summed E-state index contributed by atoms with van der Waals surface area (Å²) in [5.41, 5.74) is 4.33. The minimum atomic E-state index is -0.565. The molecule has 8 heteroatoms. The molecule has 3 aromatic rings. The first-order valence-corrected chi connectivity index (χ1v) is 11.3. The Hall–Kier alpha value is -4.04. The van der Waals surface area contributed by atoms with Crippen LogP contribution in [0.15, 0.2) is 60.7 Å². The fraction of sp³-hybridized carbons (Fsp3) is 0.259. The van der Waals surface area contributed by atoms with Crippen LogP contribution in [-0.4, -0.2) is 44.7 Å². The molecular weight excluding hydrogens is 446 g/mol. The zero-order valence-electron chi connectivity index (χ0n) is 20.1. The van der Waals surface area contributed by atoms with Crippen molar-refractivity contribution >= 4 is 17.7 Å². The molecule has 1 heterocycles. The number of carbonyl (C=O) groups excluding carboxylic acids is 2. The average Bonchev–Trinajstić information content (AvgIpc) is 2.87. The van der Waals surface area contributed by atoms with Gasteiger partial charge in [0.1, 0.15) is 5.75 Å².